The predicted octanol–water partition coefficient (Wildman–Crippen LogP) is 1.06. The van der Waals surface area contributed by atoms with Gasteiger partial charge in [0.25, 0.3) is 0 Å². The van der Waals surface area contributed by atoms with Crippen molar-refractivity contribution in [3.05, 3.63) is 0 Å². The van der Waals surface area contributed by atoms with Crippen LogP contribution >= 0.6 is 0 Å². The van der Waals surface area contributed by atoms with Gasteiger partial charge in [0, 0.05) is 12.8 Å². The van der Waals surface area contributed by atoms with E-state index in [4.69, 9.17) is 0 Å². The number of alkyl halides is 1. The van der Waals surface area contributed by atoms with Crippen molar-refractivity contribution in [1.29, 1.82) is 0 Å². The Bertz CT molecular complexity index is 207. The van der Waals surface area contributed by atoms with E-state index in [0.29, 0.717) is 4.90 Å². The fourth-order valence-electron chi connectivity index (χ4n) is 1.06. The number of rotatable bonds is 1. The molecule has 1 aliphatic heterocycles. The molecule has 0 radical (unpaired) electrons. The largest absolute Gasteiger partial charge is 0.449 e. The molecule has 1 atom stereocenters. The number of hydrogen-bond donors (Lipinski definition) is 0. The summed E-state index contributed by atoms with van der Waals surface area (Å²) in [6.45, 7) is 1.75. The summed E-state index contributed by atoms with van der Waals surface area (Å²) in [5.74, 6) is -0.499. The van der Waals surface area contributed by atoms with Gasteiger partial charge in [-0.3, -0.25) is 4.79 Å². The average Bonchev–Trinajstić information content (AvgIpc) is 2.32. The fourth-order valence-corrected chi connectivity index (χ4v) is 1.06. The highest BCUT2D eigenvalue weighted by Crippen LogP contribution is 2.20. The van der Waals surface area contributed by atoms with Crippen molar-refractivity contribution < 1.29 is 18.7 Å². The van der Waals surface area contributed by atoms with Crippen LogP contribution in [0.5, 0.6) is 0 Å². The molecule has 1 unspecified atom stereocenters. The fraction of sp³-hybridized carbons (Fsp3) is 0.714. The Morgan fingerprint density at radius 2 is 2.50 bits per heavy atom. The number of hydrogen-bond acceptors (Lipinski definition) is 3. The summed E-state index contributed by atoms with van der Waals surface area (Å²) in [6, 6.07) is 0. The second kappa shape index (κ2) is 3.51. The van der Waals surface area contributed by atoms with E-state index in [2.05, 4.69) is 4.74 Å². The maximum absolute atomic E-state index is 12.8. The molecule has 1 aliphatic rings. The molecule has 0 saturated carbocycles. The molecule has 0 aromatic heterocycles. The van der Waals surface area contributed by atoms with E-state index in [9.17, 15) is 14.0 Å². The highest BCUT2D eigenvalue weighted by molar-refractivity contribution is 5.93. The van der Waals surface area contributed by atoms with Crippen LogP contribution in [0.25, 0.3) is 0 Å². The van der Waals surface area contributed by atoms with Crippen LogP contribution in [-0.2, 0) is 9.53 Å². The summed E-state index contributed by atoms with van der Waals surface area (Å²) < 4.78 is 17.3. The summed E-state index contributed by atoms with van der Waals surface area (Å²) in [5, 5.41) is 0. The Hall–Kier alpha value is -1.13. The molecule has 5 heteroatoms. The molecule has 0 aromatic rings. The van der Waals surface area contributed by atoms with E-state index >= 15 is 0 Å². The second-order valence-corrected chi connectivity index (χ2v) is 2.44. The molecule has 0 aliphatic carbocycles. The summed E-state index contributed by atoms with van der Waals surface area (Å²) in [5.41, 5.74) is 0. The van der Waals surface area contributed by atoms with Crippen LogP contribution < -0.4 is 0 Å². The first kappa shape index (κ1) is 8.96. The quantitative estimate of drug-likeness (QED) is 0.560. The van der Waals surface area contributed by atoms with Gasteiger partial charge < -0.3 is 4.74 Å². The normalized spacial score (nSPS) is 23.0. The van der Waals surface area contributed by atoms with E-state index in [1.807, 2.05) is 0 Å². The number of imide groups is 1. The van der Waals surface area contributed by atoms with Gasteiger partial charge in [0.15, 0.2) is 6.30 Å². The second-order valence-electron chi connectivity index (χ2n) is 2.44. The Kier molecular flexibility index (Phi) is 2.62. The molecule has 1 rings (SSSR count). The lowest BCUT2D eigenvalue weighted by Crippen LogP contribution is -2.36. The predicted molar refractivity (Wildman–Crippen MR) is 38.0 cm³/mol. The minimum Gasteiger partial charge on any atom is -0.449 e. The van der Waals surface area contributed by atoms with Crippen molar-refractivity contribution in [3.63, 3.8) is 0 Å². The van der Waals surface area contributed by atoms with E-state index in [-0.39, 0.29) is 19.4 Å². The van der Waals surface area contributed by atoms with Gasteiger partial charge in [0.05, 0.1) is 6.61 Å². The Balaban J connectivity index is 2.59. The summed E-state index contributed by atoms with van der Waals surface area (Å²) in [4.78, 5) is 22.3. The molecular weight excluding hydrogens is 165 g/mol. The average molecular weight is 175 g/mol. The third kappa shape index (κ3) is 1.54. The third-order valence-electron chi connectivity index (χ3n) is 1.61. The van der Waals surface area contributed by atoms with Gasteiger partial charge in [-0.1, -0.05) is 0 Å². The van der Waals surface area contributed by atoms with Crippen molar-refractivity contribution in [1.82, 2.24) is 4.90 Å². The molecule has 1 fully saturated rings. The van der Waals surface area contributed by atoms with E-state index in [0.717, 1.165) is 0 Å². The SMILES string of the molecule is CCOC(=O)N1C(=O)CCC1F. The lowest BCUT2D eigenvalue weighted by atomic mass is 10.4. The van der Waals surface area contributed by atoms with Crippen LogP contribution in [0.15, 0.2) is 0 Å². The molecule has 2 amide bonds. The Morgan fingerprint density at radius 3 is 2.92 bits per heavy atom. The van der Waals surface area contributed by atoms with Crippen LogP contribution in [0.2, 0.25) is 0 Å². The minimum absolute atomic E-state index is 0.0810. The topological polar surface area (TPSA) is 46.6 Å². The smallest absolute Gasteiger partial charge is 0.418 e. The minimum atomic E-state index is -1.50. The number of halogens is 1. The molecule has 0 spiro atoms. The van der Waals surface area contributed by atoms with Crippen molar-refractivity contribution in [3.8, 4) is 0 Å². The van der Waals surface area contributed by atoms with Gasteiger partial charge >= 0.3 is 6.09 Å². The standard InChI is InChI=1S/C7H10FNO3/c1-2-12-7(11)9-5(8)3-4-6(9)10/h5H,2-4H2,1H3. The highest BCUT2D eigenvalue weighted by atomic mass is 19.1. The number of ether oxygens (including phenoxy) is 1. The number of nitrogens with zero attached hydrogens (tertiary/aromatic N) is 1. The van der Waals surface area contributed by atoms with Crippen molar-refractivity contribution in [2.45, 2.75) is 26.1 Å². The van der Waals surface area contributed by atoms with E-state index in [1.54, 1.807) is 6.92 Å². The monoisotopic (exact) mass is 175 g/mol. The number of amides is 2. The molecule has 12 heavy (non-hydrogen) atoms. The molecule has 0 bridgehead atoms. The highest BCUT2D eigenvalue weighted by Gasteiger charge is 2.36. The van der Waals surface area contributed by atoms with Gasteiger partial charge in [0.2, 0.25) is 5.91 Å². The number of carbonyl (C=O) groups is 2. The Labute approximate surface area is 69.3 Å². The number of carbonyl (C=O) groups excluding carboxylic acids is 2. The van der Waals surface area contributed by atoms with E-state index < -0.39 is 18.3 Å². The van der Waals surface area contributed by atoms with Crippen LogP contribution in [0, 0.1) is 0 Å². The molecule has 0 N–H and O–H groups in total. The van der Waals surface area contributed by atoms with Crippen LogP contribution in [0.1, 0.15) is 19.8 Å². The van der Waals surface area contributed by atoms with Gasteiger partial charge in [-0.2, -0.15) is 0 Å². The molecule has 4 nitrogen and oxygen atoms in total. The summed E-state index contributed by atoms with van der Waals surface area (Å²) in [6.07, 6.45) is -2.22. The van der Waals surface area contributed by atoms with Crippen molar-refractivity contribution >= 4 is 12.0 Å². The lowest BCUT2D eigenvalue weighted by Gasteiger charge is -2.15. The Morgan fingerprint density at radius 1 is 1.83 bits per heavy atom. The first-order valence-corrected chi connectivity index (χ1v) is 3.79. The zero-order chi connectivity index (χ0) is 9.14. The van der Waals surface area contributed by atoms with Gasteiger partial charge in [0.1, 0.15) is 0 Å². The van der Waals surface area contributed by atoms with Gasteiger partial charge in [-0.15, -0.1) is 0 Å². The van der Waals surface area contributed by atoms with Crippen LogP contribution in [0.4, 0.5) is 9.18 Å². The molecule has 1 heterocycles. The molecular formula is C7H10FNO3. The van der Waals surface area contributed by atoms with Crippen molar-refractivity contribution in [2.75, 3.05) is 6.61 Å². The summed E-state index contributed by atoms with van der Waals surface area (Å²) in [7, 11) is 0. The first-order valence-electron chi connectivity index (χ1n) is 3.79. The number of likely N-dealkylation sites (tertiary alicyclic amines) is 1. The molecule has 1 saturated heterocycles. The summed E-state index contributed by atoms with van der Waals surface area (Å²) >= 11 is 0. The zero-order valence-corrected chi connectivity index (χ0v) is 6.75. The van der Waals surface area contributed by atoms with Crippen LogP contribution in [0.3, 0.4) is 0 Å². The molecule has 68 valence electrons. The zero-order valence-electron chi connectivity index (χ0n) is 6.75. The van der Waals surface area contributed by atoms with E-state index in [1.165, 1.54) is 0 Å². The maximum Gasteiger partial charge on any atom is 0.418 e. The van der Waals surface area contributed by atoms with Gasteiger partial charge in [-0.25, -0.2) is 14.1 Å². The first-order chi connectivity index (χ1) is 5.66. The van der Waals surface area contributed by atoms with Gasteiger partial charge in [-0.05, 0) is 6.92 Å². The lowest BCUT2D eigenvalue weighted by molar-refractivity contribution is -0.128. The third-order valence-corrected chi connectivity index (χ3v) is 1.61. The van der Waals surface area contributed by atoms with Crippen LogP contribution in [-0.4, -0.2) is 29.8 Å². The van der Waals surface area contributed by atoms with Crippen molar-refractivity contribution in [2.24, 2.45) is 0 Å². The maximum atomic E-state index is 12.8. The molecule has 0 aromatic carbocycles.